The maximum Gasteiger partial charge on any atom is 0.0917 e. The number of hydrogen-bond donors (Lipinski definition) is 2. The van der Waals surface area contributed by atoms with Gasteiger partial charge < -0.3 is 10.4 Å². The fraction of sp³-hybridized carbons (Fsp3) is 0.400. The van der Waals surface area contributed by atoms with E-state index in [1.54, 1.807) is 0 Å². The van der Waals surface area contributed by atoms with Crippen LogP contribution in [0.3, 0.4) is 0 Å². The van der Waals surface area contributed by atoms with Gasteiger partial charge in [-0.1, -0.05) is 28.1 Å². The summed E-state index contributed by atoms with van der Waals surface area (Å²) >= 11 is 3.43. The summed E-state index contributed by atoms with van der Waals surface area (Å²) in [6.07, 6.45) is -0.428. The van der Waals surface area contributed by atoms with E-state index in [0.29, 0.717) is 6.54 Å². The van der Waals surface area contributed by atoms with Crippen LogP contribution in [0.5, 0.6) is 0 Å². The predicted molar refractivity (Wildman–Crippen MR) is 57.8 cm³/mol. The van der Waals surface area contributed by atoms with E-state index in [2.05, 4.69) is 21.2 Å². The zero-order chi connectivity index (χ0) is 9.84. The number of aliphatic hydroxyl groups excluding tert-OH is 1. The minimum atomic E-state index is -0.428. The first-order valence-electron chi connectivity index (χ1n) is 4.24. The Balaban J connectivity index is 2.93. The second-order valence-corrected chi connectivity index (χ2v) is 3.88. The minimum Gasteiger partial charge on any atom is -0.387 e. The van der Waals surface area contributed by atoms with Gasteiger partial charge in [0.25, 0.3) is 0 Å². The third kappa shape index (κ3) is 2.53. The molecule has 3 heteroatoms. The van der Waals surface area contributed by atoms with E-state index in [1.807, 2.05) is 32.2 Å². The van der Waals surface area contributed by atoms with E-state index in [-0.39, 0.29) is 0 Å². The summed E-state index contributed by atoms with van der Waals surface area (Å²) < 4.78 is 1.04. The molecular formula is C10H14BrNO. The average Bonchev–Trinajstić information content (AvgIpc) is 2.10. The molecule has 0 amide bonds. The van der Waals surface area contributed by atoms with Gasteiger partial charge in [0.05, 0.1) is 6.10 Å². The number of nitrogens with one attached hydrogen (secondary N) is 1. The first-order chi connectivity index (χ1) is 6.16. The monoisotopic (exact) mass is 243 g/mol. The molecule has 2 N–H and O–H groups in total. The van der Waals surface area contributed by atoms with Crippen molar-refractivity contribution in [3.05, 3.63) is 33.8 Å². The molecule has 1 rings (SSSR count). The molecule has 13 heavy (non-hydrogen) atoms. The lowest BCUT2D eigenvalue weighted by molar-refractivity contribution is 0.177. The van der Waals surface area contributed by atoms with Crippen molar-refractivity contribution in [1.82, 2.24) is 5.32 Å². The Hall–Kier alpha value is -0.380. The van der Waals surface area contributed by atoms with Crippen molar-refractivity contribution >= 4 is 15.9 Å². The van der Waals surface area contributed by atoms with Crippen molar-refractivity contribution in [1.29, 1.82) is 0 Å². The Labute approximate surface area is 87.1 Å². The van der Waals surface area contributed by atoms with E-state index < -0.39 is 6.10 Å². The maximum atomic E-state index is 9.74. The van der Waals surface area contributed by atoms with Crippen molar-refractivity contribution in [2.45, 2.75) is 13.0 Å². The third-order valence-corrected chi connectivity index (χ3v) is 2.93. The summed E-state index contributed by atoms with van der Waals surface area (Å²) in [5.41, 5.74) is 2.08. The van der Waals surface area contributed by atoms with Crippen molar-refractivity contribution in [3.8, 4) is 0 Å². The molecule has 0 spiro atoms. The number of rotatable bonds is 3. The Morgan fingerprint density at radius 3 is 2.85 bits per heavy atom. The van der Waals surface area contributed by atoms with Crippen LogP contribution in [0.25, 0.3) is 0 Å². The number of likely N-dealkylation sites (N-methyl/N-ethyl adjacent to an activating group) is 1. The smallest absolute Gasteiger partial charge is 0.0917 e. The van der Waals surface area contributed by atoms with Gasteiger partial charge >= 0.3 is 0 Å². The van der Waals surface area contributed by atoms with Crippen LogP contribution in [0.15, 0.2) is 22.7 Å². The number of benzene rings is 1. The summed E-state index contributed by atoms with van der Waals surface area (Å²) in [4.78, 5) is 0. The van der Waals surface area contributed by atoms with Crippen LogP contribution < -0.4 is 5.32 Å². The van der Waals surface area contributed by atoms with Crippen LogP contribution in [0, 0.1) is 6.92 Å². The van der Waals surface area contributed by atoms with E-state index in [9.17, 15) is 5.11 Å². The van der Waals surface area contributed by atoms with Gasteiger partial charge in [0, 0.05) is 11.0 Å². The molecule has 0 aliphatic carbocycles. The van der Waals surface area contributed by atoms with Crippen molar-refractivity contribution in [2.75, 3.05) is 13.6 Å². The molecule has 1 unspecified atom stereocenters. The molecule has 1 aromatic carbocycles. The summed E-state index contributed by atoms with van der Waals surface area (Å²) in [6.45, 7) is 2.58. The molecule has 0 aliphatic rings. The molecule has 0 saturated carbocycles. The maximum absolute atomic E-state index is 9.74. The second kappa shape index (κ2) is 4.74. The quantitative estimate of drug-likeness (QED) is 0.852. The van der Waals surface area contributed by atoms with Gasteiger partial charge in [0.1, 0.15) is 0 Å². The summed E-state index contributed by atoms with van der Waals surface area (Å²) in [5.74, 6) is 0. The molecule has 1 atom stereocenters. The van der Waals surface area contributed by atoms with E-state index in [1.165, 1.54) is 0 Å². The Morgan fingerprint density at radius 2 is 2.23 bits per heavy atom. The normalized spacial score (nSPS) is 12.9. The molecule has 0 radical (unpaired) electrons. The fourth-order valence-corrected chi connectivity index (χ4v) is 1.67. The molecule has 2 nitrogen and oxygen atoms in total. The predicted octanol–water partition coefficient (Wildman–Crippen LogP) is 2.01. The average molecular weight is 244 g/mol. The molecule has 1 aromatic rings. The molecule has 0 heterocycles. The van der Waals surface area contributed by atoms with Crippen molar-refractivity contribution in [3.63, 3.8) is 0 Å². The molecule has 72 valence electrons. The Kier molecular flexibility index (Phi) is 3.90. The lowest BCUT2D eigenvalue weighted by atomic mass is 10.0. The number of hydrogen-bond acceptors (Lipinski definition) is 2. The molecule has 0 aliphatic heterocycles. The van der Waals surface area contributed by atoms with Crippen LogP contribution in [0.2, 0.25) is 0 Å². The standard InChI is InChI=1S/C10H14BrNO/c1-7-8(10(13)6-12-2)4-3-5-9(7)11/h3-5,10,12-13H,6H2,1-2H3. The van der Waals surface area contributed by atoms with E-state index in [0.717, 1.165) is 15.6 Å². The van der Waals surface area contributed by atoms with Crippen LogP contribution >= 0.6 is 15.9 Å². The molecule has 0 aromatic heterocycles. The van der Waals surface area contributed by atoms with Crippen LogP contribution in [-0.4, -0.2) is 18.7 Å². The summed E-state index contributed by atoms with van der Waals surface area (Å²) in [5, 5.41) is 12.7. The summed E-state index contributed by atoms with van der Waals surface area (Å²) in [6, 6.07) is 5.86. The fourth-order valence-electron chi connectivity index (χ4n) is 1.29. The van der Waals surface area contributed by atoms with Crippen LogP contribution in [0.4, 0.5) is 0 Å². The van der Waals surface area contributed by atoms with Gasteiger partial charge in [-0.3, -0.25) is 0 Å². The highest BCUT2D eigenvalue weighted by Gasteiger charge is 2.10. The van der Waals surface area contributed by atoms with Gasteiger partial charge in [0.15, 0.2) is 0 Å². The van der Waals surface area contributed by atoms with Crippen LogP contribution in [-0.2, 0) is 0 Å². The first-order valence-corrected chi connectivity index (χ1v) is 5.03. The largest absolute Gasteiger partial charge is 0.387 e. The van der Waals surface area contributed by atoms with Crippen LogP contribution in [0.1, 0.15) is 17.2 Å². The topological polar surface area (TPSA) is 32.3 Å². The van der Waals surface area contributed by atoms with E-state index in [4.69, 9.17) is 0 Å². The first kappa shape index (κ1) is 10.7. The minimum absolute atomic E-state index is 0.428. The van der Waals surface area contributed by atoms with E-state index >= 15 is 0 Å². The third-order valence-electron chi connectivity index (χ3n) is 2.07. The lowest BCUT2D eigenvalue weighted by Gasteiger charge is -2.13. The Morgan fingerprint density at radius 1 is 1.54 bits per heavy atom. The number of halogens is 1. The molecule has 0 fully saturated rings. The van der Waals surface area contributed by atoms with Gasteiger partial charge in [-0.05, 0) is 31.2 Å². The van der Waals surface area contributed by atoms with Crippen molar-refractivity contribution in [2.24, 2.45) is 0 Å². The van der Waals surface area contributed by atoms with Crippen molar-refractivity contribution < 1.29 is 5.11 Å². The van der Waals surface area contributed by atoms with Gasteiger partial charge in [-0.25, -0.2) is 0 Å². The lowest BCUT2D eigenvalue weighted by Crippen LogP contribution is -2.17. The Bertz CT molecular complexity index is 288. The molecule has 0 saturated heterocycles. The highest BCUT2D eigenvalue weighted by atomic mass is 79.9. The zero-order valence-corrected chi connectivity index (χ0v) is 9.43. The van der Waals surface area contributed by atoms with Gasteiger partial charge in [-0.15, -0.1) is 0 Å². The van der Waals surface area contributed by atoms with Gasteiger partial charge in [-0.2, -0.15) is 0 Å². The second-order valence-electron chi connectivity index (χ2n) is 3.03. The molecule has 0 bridgehead atoms. The van der Waals surface area contributed by atoms with Gasteiger partial charge in [0.2, 0.25) is 0 Å². The SMILES string of the molecule is CNCC(O)c1cccc(Br)c1C. The molecular weight excluding hydrogens is 230 g/mol. The highest BCUT2D eigenvalue weighted by molar-refractivity contribution is 9.10. The highest BCUT2D eigenvalue weighted by Crippen LogP contribution is 2.23. The number of aliphatic hydroxyl groups is 1. The summed E-state index contributed by atoms with van der Waals surface area (Å²) in [7, 11) is 1.83. The zero-order valence-electron chi connectivity index (χ0n) is 7.84.